The molecule has 2 N–H and O–H groups in total. The van der Waals surface area contributed by atoms with Crippen LogP contribution < -0.4 is 5.73 Å². The Morgan fingerprint density at radius 3 is 2.69 bits per heavy atom. The Morgan fingerprint density at radius 2 is 2.12 bits per heavy atom. The number of hydrogen-bond donors (Lipinski definition) is 1. The summed E-state index contributed by atoms with van der Waals surface area (Å²) >= 11 is 6.12. The van der Waals surface area contributed by atoms with Crippen LogP contribution in [0, 0.1) is 13.8 Å². The van der Waals surface area contributed by atoms with Gasteiger partial charge in [-0.1, -0.05) is 17.7 Å². The zero-order valence-corrected chi connectivity index (χ0v) is 10.1. The number of nitrogens with zero attached hydrogens (tertiary/aromatic N) is 2. The number of aryl methyl sites for hydroxylation is 1. The lowest BCUT2D eigenvalue weighted by molar-refractivity contribution is 0.952. The first-order valence-electron chi connectivity index (χ1n) is 5.13. The van der Waals surface area contributed by atoms with Crippen LogP contribution in [0.15, 0.2) is 24.5 Å². The molecule has 1 aromatic heterocycles. The summed E-state index contributed by atoms with van der Waals surface area (Å²) in [6, 6.07) is 5.78. The number of rotatable bonds is 2. The lowest BCUT2D eigenvalue weighted by atomic mass is 10.1. The molecule has 3 nitrogen and oxygen atoms in total. The van der Waals surface area contributed by atoms with Crippen molar-refractivity contribution in [2.75, 3.05) is 0 Å². The Morgan fingerprint density at radius 1 is 1.38 bits per heavy atom. The zero-order chi connectivity index (χ0) is 11.7. The van der Waals surface area contributed by atoms with Crippen LogP contribution in [0.4, 0.5) is 0 Å². The average Bonchev–Trinajstić information content (AvgIpc) is 2.59. The topological polar surface area (TPSA) is 43.8 Å². The van der Waals surface area contributed by atoms with Crippen molar-refractivity contribution in [1.29, 1.82) is 0 Å². The van der Waals surface area contributed by atoms with Gasteiger partial charge in [-0.2, -0.15) is 0 Å². The van der Waals surface area contributed by atoms with E-state index in [1.54, 1.807) is 6.33 Å². The van der Waals surface area contributed by atoms with E-state index in [0.29, 0.717) is 11.6 Å². The highest BCUT2D eigenvalue weighted by Crippen LogP contribution is 2.24. The molecule has 0 unspecified atom stereocenters. The molecule has 1 aromatic carbocycles. The first kappa shape index (κ1) is 11.2. The third-order valence-electron chi connectivity index (χ3n) is 2.81. The fourth-order valence-corrected chi connectivity index (χ4v) is 1.96. The Labute approximate surface area is 99.9 Å². The summed E-state index contributed by atoms with van der Waals surface area (Å²) in [6.45, 7) is 4.44. The summed E-state index contributed by atoms with van der Waals surface area (Å²) in [4.78, 5) is 4.28. The van der Waals surface area contributed by atoms with Gasteiger partial charge in [-0.05, 0) is 26.0 Å². The van der Waals surface area contributed by atoms with Gasteiger partial charge in [0.15, 0.2) is 0 Å². The normalized spacial score (nSPS) is 10.8. The van der Waals surface area contributed by atoms with Gasteiger partial charge in [0.25, 0.3) is 0 Å². The molecule has 0 spiro atoms. The minimum absolute atomic E-state index is 0.422. The Bertz CT molecular complexity index is 517. The Kier molecular flexibility index (Phi) is 2.99. The number of hydrogen-bond acceptors (Lipinski definition) is 2. The number of imidazole rings is 1. The molecule has 0 saturated heterocycles. The smallest absolute Gasteiger partial charge is 0.0997 e. The number of nitrogens with two attached hydrogens (primary N) is 1. The Balaban J connectivity index is 2.64. The highest BCUT2D eigenvalue weighted by Gasteiger charge is 2.10. The Hall–Kier alpha value is -1.32. The van der Waals surface area contributed by atoms with Crippen LogP contribution >= 0.6 is 11.6 Å². The van der Waals surface area contributed by atoms with E-state index in [4.69, 9.17) is 17.3 Å². The molecule has 0 radical (unpaired) electrons. The summed E-state index contributed by atoms with van der Waals surface area (Å²) in [5, 5.41) is 0.700. The molecule has 1 heterocycles. The number of halogens is 1. The van der Waals surface area contributed by atoms with E-state index >= 15 is 0 Å². The first-order chi connectivity index (χ1) is 7.65. The van der Waals surface area contributed by atoms with E-state index in [1.807, 2.05) is 36.6 Å². The second kappa shape index (κ2) is 4.28. The van der Waals surface area contributed by atoms with Crippen molar-refractivity contribution >= 4 is 11.6 Å². The van der Waals surface area contributed by atoms with Crippen molar-refractivity contribution in [3.63, 3.8) is 0 Å². The van der Waals surface area contributed by atoms with Gasteiger partial charge in [0.05, 0.1) is 17.7 Å². The molecule has 0 atom stereocenters. The zero-order valence-electron chi connectivity index (χ0n) is 9.37. The highest BCUT2D eigenvalue weighted by molar-refractivity contribution is 6.31. The largest absolute Gasteiger partial charge is 0.326 e. The van der Waals surface area contributed by atoms with Crippen molar-refractivity contribution in [3.05, 3.63) is 46.5 Å². The van der Waals surface area contributed by atoms with Crippen molar-refractivity contribution in [3.8, 4) is 5.69 Å². The molecule has 84 valence electrons. The minimum atomic E-state index is 0.422. The molecule has 0 bridgehead atoms. The molecule has 0 aliphatic heterocycles. The predicted octanol–water partition coefficient (Wildman–Crippen LogP) is 2.60. The molecule has 0 amide bonds. The summed E-state index contributed by atoms with van der Waals surface area (Å²) in [5.74, 6) is 0. The van der Waals surface area contributed by atoms with Gasteiger partial charge in [0.1, 0.15) is 0 Å². The van der Waals surface area contributed by atoms with Crippen LogP contribution in [-0.2, 0) is 6.54 Å². The predicted molar refractivity (Wildman–Crippen MR) is 65.9 cm³/mol. The third kappa shape index (κ3) is 1.72. The molecule has 0 aliphatic carbocycles. The van der Waals surface area contributed by atoms with Gasteiger partial charge in [-0.15, -0.1) is 0 Å². The van der Waals surface area contributed by atoms with Gasteiger partial charge >= 0.3 is 0 Å². The van der Waals surface area contributed by atoms with E-state index < -0.39 is 0 Å². The van der Waals surface area contributed by atoms with Crippen molar-refractivity contribution < 1.29 is 0 Å². The van der Waals surface area contributed by atoms with Crippen LogP contribution in [0.5, 0.6) is 0 Å². The van der Waals surface area contributed by atoms with Crippen LogP contribution in [-0.4, -0.2) is 9.55 Å². The SMILES string of the molecule is Cc1ncn(-c2cccc(Cl)c2CN)c1C. The lowest BCUT2D eigenvalue weighted by Gasteiger charge is -2.12. The van der Waals surface area contributed by atoms with Crippen molar-refractivity contribution in [2.45, 2.75) is 20.4 Å². The molecular formula is C12H14ClN3. The molecule has 0 saturated carbocycles. The second-order valence-corrected chi connectivity index (χ2v) is 4.13. The van der Waals surface area contributed by atoms with Gasteiger partial charge in [0, 0.05) is 22.8 Å². The quantitative estimate of drug-likeness (QED) is 0.870. The van der Waals surface area contributed by atoms with E-state index in [-0.39, 0.29) is 0 Å². The maximum Gasteiger partial charge on any atom is 0.0997 e. The fourth-order valence-electron chi connectivity index (χ4n) is 1.72. The summed E-state index contributed by atoms with van der Waals surface area (Å²) in [6.07, 6.45) is 1.80. The minimum Gasteiger partial charge on any atom is -0.326 e. The van der Waals surface area contributed by atoms with Crippen LogP contribution in [0.25, 0.3) is 5.69 Å². The standard InChI is InChI=1S/C12H14ClN3/c1-8-9(2)16(7-15-8)12-5-3-4-11(13)10(12)6-14/h3-5,7H,6,14H2,1-2H3. The summed E-state index contributed by atoms with van der Waals surface area (Å²) in [7, 11) is 0. The van der Waals surface area contributed by atoms with E-state index in [9.17, 15) is 0 Å². The molecule has 0 aliphatic rings. The van der Waals surface area contributed by atoms with E-state index in [2.05, 4.69) is 4.98 Å². The van der Waals surface area contributed by atoms with E-state index in [1.165, 1.54) is 0 Å². The number of benzene rings is 1. The van der Waals surface area contributed by atoms with Crippen LogP contribution in [0.2, 0.25) is 5.02 Å². The van der Waals surface area contributed by atoms with Crippen molar-refractivity contribution in [2.24, 2.45) is 5.73 Å². The molecule has 2 aromatic rings. The van der Waals surface area contributed by atoms with Gasteiger partial charge in [-0.3, -0.25) is 0 Å². The third-order valence-corrected chi connectivity index (χ3v) is 3.16. The maximum atomic E-state index is 6.12. The molecule has 4 heteroatoms. The molecule has 16 heavy (non-hydrogen) atoms. The van der Waals surface area contributed by atoms with Crippen molar-refractivity contribution in [1.82, 2.24) is 9.55 Å². The monoisotopic (exact) mass is 235 g/mol. The first-order valence-corrected chi connectivity index (χ1v) is 5.51. The maximum absolute atomic E-state index is 6.12. The second-order valence-electron chi connectivity index (χ2n) is 3.73. The lowest BCUT2D eigenvalue weighted by Crippen LogP contribution is -2.05. The van der Waals surface area contributed by atoms with Gasteiger partial charge in [-0.25, -0.2) is 4.98 Å². The highest BCUT2D eigenvalue weighted by atomic mass is 35.5. The van der Waals surface area contributed by atoms with Crippen LogP contribution in [0.1, 0.15) is 17.0 Å². The van der Waals surface area contributed by atoms with E-state index in [0.717, 1.165) is 22.6 Å². The number of aromatic nitrogens is 2. The van der Waals surface area contributed by atoms with Gasteiger partial charge in [0.2, 0.25) is 0 Å². The molecule has 0 fully saturated rings. The summed E-state index contributed by atoms with van der Waals surface area (Å²) in [5.41, 5.74) is 9.81. The van der Waals surface area contributed by atoms with Gasteiger partial charge < -0.3 is 10.3 Å². The molecule has 2 rings (SSSR count). The molecular weight excluding hydrogens is 222 g/mol. The summed E-state index contributed by atoms with van der Waals surface area (Å²) < 4.78 is 2.02. The average molecular weight is 236 g/mol. The van der Waals surface area contributed by atoms with Crippen LogP contribution in [0.3, 0.4) is 0 Å². The fraction of sp³-hybridized carbons (Fsp3) is 0.250.